The molecule has 3 N–H and O–H groups in total. The molecular weight excluding hydrogens is 258 g/mol. The van der Waals surface area contributed by atoms with E-state index in [1.54, 1.807) is 24.3 Å². The van der Waals surface area contributed by atoms with Crippen LogP contribution in [-0.2, 0) is 9.53 Å². The van der Waals surface area contributed by atoms with Crippen LogP contribution in [0.2, 0.25) is 0 Å². The summed E-state index contributed by atoms with van der Waals surface area (Å²) in [4.78, 5) is 23.8. The molecule has 0 saturated carbocycles. The molecule has 1 aromatic rings. The zero-order valence-electron chi connectivity index (χ0n) is 10.9. The van der Waals surface area contributed by atoms with Crippen LogP contribution in [0.25, 0.3) is 0 Å². The Kier molecular flexibility index (Phi) is 4.01. The lowest BCUT2D eigenvalue weighted by Crippen LogP contribution is -2.60. The number of ether oxygens (including phenoxy) is 1. The second-order valence-electron chi connectivity index (χ2n) is 4.70. The second kappa shape index (κ2) is 5.72. The molecule has 1 aromatic carbocycles. The fourth-order valence-electron chi connectivity index (χ4n) is 2.14. The summed E-state index contributed by atoms with van der Waals surface area (Å²) in [6.07, 6.45) is 0.731. The van der Waals surface area contributed by atoms with E-state index in [0.29, 0.717) is 37.2 Å². The van der Waals surface area contributed by atoms with Crippen molar-refractivity contribution in [2.45, 2.75) is 18.4 Å². The maximum Gasteiger partial charge on any atom is 0.252 e. The Labute approximate surface area is 116 Å². The lowest BCUT2D eigenvalue weighted by atomic mass is 9.89. The molecule has 6 heteroatoms. The average Bonchev–Trinajstić information content (AvgIpc) is 2.48. The third-order valence-electron chi connectivity index (χ3n) is 3.45. The van der Waals surface area contributed by atoms with Gasteiger partial charge in [0.2, 0.25) is 5.91 Å². The van der Waals surface area contributed by atoms with Gasteiger partial charge in [-0.25, -0.2) is 0 Å². The van der Waals surface area contributed by atoms with Crippen LogP contribution in [0.4, 0.5) is 0 Å². The molecule has 1 heterocycles. The molecule has 0 aromatic heterocycles. The van der Waals surface area contributed by atoms with Gasteiger partial charge in [0.15, 0.2) is 0 Å². The molecule has 0 radical (unpaired) electrons. The molecule has 1 fully saturated rings. The smallest absolute Gasteiger partial charge is 0.252 e. The first-order chi connectivity index (χ1) is 9.57. The molecule has 6 nitrogen and oxygen atoms in total. The van der Waals surface area contributed by atoms with Crippen molar-refractivity contribution in [3.63, 3.8) is 0 Å². The maximum atomic E-state index is 12.2. The Morgan fingerprint density at radius 1 is 1.25 bits per heavy atom. The number of nitrogens with two attached hydrogens (primary N) is 1. The number of primary amides is 1. The van der Waals surface area contributed by atoms with Crippen molar-refractivity contribution in [1.29, 1.82) is 5.26 Å². The van der Waals surface area contributed by atoms with Gasteiger partial charge in [0.25, 0.3) is 5.91 Å². The SMILES string of the molecule is N#Cc1ccc(C(=O)NC2(C(N)=O)CCOCC2)cc1. The molecule has 1 aliphatic heterocycles. The zero-order chi connectivity index (χ0) is 14.6. The van der Waals surface area contributed by atoms with E-state index in [0.717, 1.165) is 0 Å². The summed E-state index contributed by atoms with van der Waals surface area (Å²) >= 11 is 0. The van der Waals surface area contributed by atoms with Gasteiger partial charge in [-0.05, 0) is 24.3 Å². The van der Waals surface area contributed by atoms with Gasteiger partial charge in [0.1, 0.15) is 5.54 Å². The van der Waals surface area contributed by atoms with Crippen LogP contribution in [0.15, 0.2) is 24.3 Å². The van der Waals surface area contributed by atoms with E-state index in [9.17, 15) is 9.59 Å². The van der Waals surface area contributed by atoms with E-state index in [4.69, 9.17) is 15.7 Å². The van der Waals surface area contributed by atoms with Gasteiger partial charge in [-0.1, -0.05) is 0 Å². The molecule has 104 valence electrons. The first-order valence-corrected chi connectivity index (χ1v) is 6.28. The van der Waals surface area contributed by atoms with Crippen LogP contribution < -0.4 is 11.1 Å². The third kappa shape index (κ3) is 2.78. The molecule has 1 aliphatic rings. The number of hydrogen-bond donors (Lipinski definition) is 2. The number of carbonyl (C=O) groups excluding carboxylic acids is 2. The number of nitrogens with zero attached hydrogens (tertiary/aromatic N) is 1. The van der Waals surface area contributed by atoms with E-state index in [1.807, 2.05) is 6.07 Å². The highest BCUT2D eigenvalue weighted by Gasteiger charge is 2.39. The van der Waals surface area contributed by atoms with E-state index >= 15 is 0 Å². The van der Waals surface area contributed by atoms with Gasteiger partial charge < -0.3 is 15.8 Å². The van der Waals surface area contributed by atoms with Crippen LogP contribution in [0.1, 0.15) is 28.8 Å². The van der Waals surface area contributed by atoms with E-state index in [1.165, 1.54) is 0 Å². The second-order valence-corrected chi connectivity index (χ2v) is 4.70. The van der Waals surface area contributed by atoms with Crippen LogP contribution in [-0.4, -0.2) is 30.6 Å². The van der Waals surface area contributed by atoms with Crippen molar-refractivity contribution < 1.29 is 14.3 Å². The molecule has 2 rings (SSSR count). The van der Waals surface area contributed by atoms with E-state index in [-0.39, 0.29) is 5.91 Å². The number of nitriles is 1. The Balaban J connectivity index is 2.16. The van der Waals surface area contributed by atoms with E-state index < -0.39 is 11.4 Å². The van der Waals surface area contributed by atoms with Gasteiger partial charge in [-0.15, -0.1) is 0 Å². The molecule has 0 aliphatic carbocycles. The lowest BCUT2D eigenvalue weighted by molar-refractivity contribution is -0.127. The largest absolute Gasteiger partial charge is 0.381 e. The van der Waals surface area contributed by atoms with Gasteiger partial charge in [0.05, 0.1) is 11.6 Å². The third-order valence-corrected chi connectivity index (χ3v) is 3.45. The summed E-state index contributed by atoms with van der Waals surface area (Å²) in [5.41, 5.74) is 5.22. The predicted octanol–water partition coefficient (Wildman–Crippen LogP) is 0.323. The number of rotatable bonds is 3. The first-order valence-electron chi connectivity index (χ1n) is 6.28. The average molecular weight is 273 g/mol. The number of benzene rings is 1. The van der Waals surface area contributed by atoms with Crippen molar-refractivity contribution in [2.75, 3.05) is 13.2 Å². The minimum atomic E-state index is -1.05. The Hall–Kier alpha value is -2.39. The minimum Gasteiger partial charge on any atom is -0.381 e. The molecule has 0 unspecified atom stereocenters. The van der Waals surface area contributed by atoms with Crippen LogP contribution in [0.3, 0.4) is 0 Å². The number of carbonyl (C=O) groups is 2. The molecule has 2 amide bonds. The topological polar surface area (TPSA) is 105 Å². The Morgan fingerprint density at radius 2 is 1.85 bits per heavy atom. The number of nitrogens with one attached hydrogen (secondary N) is 1. The first kappa shape index (κ1) is 14.0. The molecule has 20 heavy (non-hydrogen) atoms. The van der Waals surface area contributed by atoms with Crippen molar-refractivity contribution in [2.24, 2.45) is 5.73 Å². The number of hydrogen-bond acceptors (Lipinski definition) is 4. The highest BCUT2D eigenvalue weighted by atomic mass is 16.5. The standard InChI is InChI=1S/C14H15N3O3/c15-9-10-1-3-11(4-2-10)12(18)17-14(13(16)19)5-7-20-8-6-14/h1-4H,5-8H2,(H2,16,19)(H,17,18). The van der Waals surface area contributed by atoms with Crippen molar-refractivity contribution in [3.8, 4) is 6.07 Å². The maximum absolute atomic E-state index is 12.2. The zero-order valence-corrected chi connectivity index (χ0v) is 10.9. The highest BCUT2D eigenvalue weighted by molar-refractivity contribution is 5.99. The van der Waals surface area contributed by atoms with Gasteiger partial charge in [-0.3, -0.25) is 9.59 Å². The molecule has 0 bridgehead atoms. The molecule has 0 atom stereocenters. The summed E-state index contributed by atoms with van der Waals surface area (Å²) in [5, 5.41) is 11.4. The minimum absolute atomic E-state index is 0.365. The summed E-state index contributed by atoms with van der Waals surface area (Å²) < 4.78 is 5.20. The van der Waals surface area contributed by atoms with Crippen LogP contribution >= 0.6 is 0 Å². The van der Waals surface area contributed by atoms with Crippen molar-refractivity contribution in [3.05, 3.63) is 35.4 Å². The van der Waals surface area contributed by atoms with E-state index in [2.05, 4.69) is 5.32 Å². The molecular formula is C14H15N3O3. The lowest BCUT2D eigenvalue weighted by Gasteiger charge is -2.34. The monoisotopic (exact) mass is 273 g/mol. The van der Waals surface area contributed by atoms with Gasteiger partial charge in [0, 0.05) is 31.6 Å². The normalized spacial score (nSPS) is 16.9. The number of amides is 2. The van der Waals surface area contributed by atoms with Gasteiger partial charge in [-0.2, -0.15) is 5.26 Å². The Bertz CT molecular complexity index is 554. The predicted molar refractivity (Wildman–Crippen MR) is 70.6 cm³/mol. The van der Waals surface area contributed by atoms with Crippen LogP contribution in [0, 0.1) is 11.3 Å². The quantitative estimate of drug-likeness (QED) is 0.827. The highest BCUT2D eigenvalue weighted by Crippen LogP contribution is 2.21. The van der Waals surface area contributed by atoms with Gasteiger partial charge >= 0.3 is 0 Å². The van der Waals surface area contributed by atoms with Crippen molar-refractivity contribution in [1.82, 2.24) is 5.32 Å². The fraction of sp³-hybridized carbons (Fsp3) is 0.357. The summed E-state index contributed by atoms with van der Waals surface area (Å²) in [6.45, 7) is 0.771. The summed E-state index contributed by atoms with van der Waals surface area (Å²) in [7, 11) is 0. The molecule has 0 spiro atoms. The fourth-order valence-corrected chi connectivity index (χ4v) is 2.14. The van der Waals surface area contributed by atoms with Crippen molar-refractivity contribution >= 4 is 11.8 Å². The summed E-state index contributed by atoms with van der Waals surface area (Å²) in [6, 6.07) is 8.17. The summed E-state index contributed by atoms with van der Waals surface area (Å²) in [5.74, 6) is -0.932. The van der Waals surface area contributed by atoms with Crippen LogP contribution in [0.5, 0.6) is 0 Å². The molecule has 1 saturated heterocycles. The Morgan fingerprint density at radius 3 is 2.35 bits per heavy atom.